The molecule has 0 atom stereocenters. The maximum Gasteiger partial charge on any atom is 0.338 e. The fraction of sp³-hybridized carbons (Fsp3) is 0.179. The second-order valence-electron chi connectivity index (χ2n) is 9.49. The average Bonchev–Trinajstić information content (AvgIpc) is 3.27. The first-order chi connectivity index (χ1) is 19.1. The predicted molar refractivity (Wildman–Crippen MR) is 150 cm³/mol. The lowest BCUT2D eigenvalue weighted by molar-refractivity contribution is 0.101. The number of hydrogen-bond acceptors (Lipinski definition) is 8. The Hall–Kier alpha value is -4.55. The van der Waals surface area contributed by atoms with Gasteiger partial charge in [0.25, 0.3) is 5.56 Å². The van der Waals surface area contributed by atoms with Crippen molar-refractivity contribution in [1.29, 1.82) is 0 Å². The summed E-state index contributed by atoms with van der Waals surface area (Å²) in [7, 11) is 3.68. The Morgan fingerprint density at radius 1 is 0.975 bits per heavy atom. The van der Waals surface area contributed by atoms with E-state index in [0.717, 1.165) is 22.3 Å². The van der Waals surface area contributed by atoms with E-state index in [9.17, 15) is 23.2 Å². The van der Waals surface area contributed by atoms with Crippen molar-refractivity contribution in [2.75, 3.05) is 19.8 Å². The van der Waals surface area contributed by atoms with Crippen molar-refractivity contribution in [3.8, 4) is 16.3 Å². The predicted octanol–water partition coefficient (Wildman–Crippen LogP) is 3.84. The smallest absolute Gasteiger partial charge is 0.338 e. The van der Waals surface area contributed by atoms with Gasteiger partial charge in [-0.1, -0.05) is 18.2 Å². The zero-order valence-corrected chi connectivity index (χ0v) is 22.6. The number of Topliss-reactive ketones (excluding diaryl/α,β-unsaturated/α-hetero) is 1. The normalized spacial score (nSPS) is 11.4. The van der Waals surface area contributed by atoms with Crippen LogP contribution in [-0.2, 0) is 13.1 Å². The van der Waals surface area contributed by atoms with Crippen LogP contribution >= 0.6 is 11.3 Å². The van der Waals surface area contributed by atoms with Crippen LogP contribution in [0, 0.1) is 11.6 Å². The minimum absolute atomic E-state index is 0.0566. The van der Waals surface area contributed by atoms with Gasteiger partial charge in [0.1, 0.15) is 22.2 Å². The number of nitrogens with zero attached hydrogens (tertiary/aromatic N) is 5. The van der Waals surface area contributed by atoms with Crippen molar-refractivity contribution in [3.63, 3.8) is 0 Å². The number of aromatic nitrogens is 4. The molecule has 12 heteroatoms. The Labute approximate surface area is 230 Å². The minimum Gasteiger partial charge on any atom is -0.399 e. The van der Waals surface area contributed by atoms with Crippen LogP contribution in [0.5, 0.6) is 0 Å². The number of anilines is 1. The Morgan fingerprint density at radius 2 is 1.65 bits per heavy atom. The summed E-state index contributed by atoms with van der Waals surface area (Å²) in [5.74, 6) is -2.12. The number of hydrogen-bond donors (Lipinski definition) is 1. The summed E-state index contributed by atoms with van der Waals surface area (Å²) in [6.45, 7) is 1.17. The van der Waals surface area contributed by atoms with Crippen LogP contribution in [0.1, 0.15) is 28.5 Å². The Balaban J connectivity index is 1.89. The van der Waals surface area contributed by atoms with Gasteiger partial charge in [0, 0.05) is 29.6 Å². The van der Waals surface area contributed by atoms with Gasteiger partial charge in [0.05, 0.1) is 11.9 Å². The fourth-order valence-corrected chi connectivity index (χ4v) is 5.72. The Kier molecular flexibility index (Phi) is 7.13. The zero-order chi connectivity index (χ0) is 28.7. The molecule has 2 N–H and O–H groups in total. The Bertz CT molecular complexity index is 1860. The molecule has 0 spiro atoms. The first-order valence-electron chi connectivity index (χ1n) is 12.2. The lowest BCUT2D eigenvalue weighted by Gasteiger charge is -2.14. The van der Waals surface area contributed by atoms with Gasteiger partial charge in [-0.2, -0.15) is 0 Å². The van der Waals surface area contributed by atoms with E-state index in [0.29, 0.717) is 22.7 Å². The van der Waals surface area contributed by atoms with Crippen LogP contribution in [0.3, 0.4) is 0 Å². The van der Waals surface area contributed by atoms with Crippen molar-refractivity contribution in [1.82, 2.24) is 24.2 Å². The summed E-state index contributed by atoms with van der Waals surface area (Å²) in [6, 6.07) is 13.2. The molecule has 204 valence electrons. The standard InChI is InChI=1S/C28H24F2N6O3S/c1-15(37)22-11-12-23(33-32-22)36-26(38)24-19(13-34(2)3)25(16-7-9-17(31)10-8-16)40-27(24)35(28(36)39)14-18-20(29)5-4-6-21(18)30/h4-12H,13-14,31H2,1-3H3. The molecule has 0 unspecified atom stereocenters. The lowest BCUT2D eigenvalue weighted by atomic mass is 10.1. The summed E-state index contributed by atoms with van der Waals surface area (Å²) in [5.41, 5.74) is 6.05. The molecule has 0 aliphatic rings. The third-order valence-electron chi connectivity index (χ3n) is 6.34. The van der Waals surface area contributed by atoms with Gasteiger partial charge in [-0.25, -0.2) is 18.1 Å². The van der Waals surface area contributed by atoms with E-state index < -0.39 is 29.4 Å². The molecule has 5 rings (SSSR count). The Morgan fingerprint density at radius 3 is 2.23 bits per heavy atom. The molecule has 0 saturated carbocycles. The maximum absolute atomic E-state index is 14.8. The first kappa shape index (κ1) is 27.0. The molecule has 0 aliphatic carbocycles. The monoisotopic (exact) mass is 562 g/mol. The van der Waals surface area contributed by atoms with Crippen LogP contribution in [0.4, 0.5) is 14.5 Å². The van der Waals surface area contributed by atoms with Crippen LogP contribution in [0.15, 0.2) is 64.2 Å². The zero-order valence-electron chi connectivity index (χ0n) is 21.8. The molecule has 3 aromatic heterocycles. The molecule has 0 fully saturated rings. The number of fused-ring (bicyclic) bond motifs is 1. The van der Waals surface area contributed by atoms with E-state index in [1.54, 1.807) is 12.1 Å². The number of carbonyl (C=O) groups excluding carboxylic acids is 1. The third-order valence-corrected chi connectivity index (χ3v) is 7.64. The van der Waals surface area contributed by atoms with Gasteiger partial charge < -0.3 is 10.6 Å². The summed E-state index contributed by atoms with van der Waals surface area (Å²) < 4.78 is 31.5. The van der Waals surface area contributed by atoms with Crippen molar-refractivity contribution < 1.29 is 13.6 Å². The molecule has 3 heterocycles. The molecular weight excluding hydrogens is 538 g/mol. The van der Waals surface area contributed by atoms with Gasteiger partial charge >= 0.3 is 5.69 Å². The molecule has 0 radical (unpaired) electrons. The molecule has 2 aromatic carbocycles. The fourth-order valence-electron chi connectivity index (χ4n) is 4.42. The highest BCUT2D eigenvalue weighted by atomic mass is 32.1. The van der Waals surface area contributed by atoms with Crippen molar-refractivity contribution in [3.05, 3.63) is 104 Å². The number of carbonyl (C=O) groups is 1. The third kappa shape index (κ3) is 4.82. The highest BCUT2D eigenvalue weighted by molar-refractivity contribution is 7.22. The number of benzene rings is 2. The number of ketones is 1. The molecular formula is C28H24F2N6O3S. The van der Waals surface area contributed by atoms with E-state index >= 15 is 0 Å². The van der Waals surface area contributed by atoms with E-state index in [-0.39, 0.29) is 33.1 Å². The number of nitrogens with two attached hydrogens (primary N) is 1. The quantitative estimate of drug-likeness (QED) is 0.237. The largest absolute Gasteiger partial charge is 0.399 e. The first-order valence-corrected chi connectivity index (χ1v) is 13.0. The number of rotatable bonds is 7. The maximum atomic E-state index is 14.8. The van der Waals surface area contributed by atoms with Crippen molar-refractivity contribution in [2.45, 2.75) is 20.0 Å². The number of nitrogen functional groups attached to an aromatic ring is 1. The van der Waals surface area contributed by atoms with Gasteiger partial charge in [0.15, 0.2) is 11.6 Å². The molecule has 0 saturated heterocycles. The van der Waals surface area contributed by atoms with Crippen LogP contribution in [-0.4, -0.2) is 44.1 Å². The highest BCUT2D eigenvalue weighted by Gasteiger charge is 2.25. The molecule has 0 amide bonds. The van der Waals surface area contributed by atoms with Gasteiger partial charge in [-0.15, -0.1) is 21.5 Å². The number of halogens is 2. The molecule has 40 heavy (non-hydrogen) atoms. The van der Waals surface area contributed by atoms with Crippen LogP contribution in [0.2, 0.25) is 0 Å². The van der Waals surface area contributed by atoms with Crippen molar-refractivity contribution in [2.24, 2.45) is 0 Å². The molecule has 0 aliphatic heterocycles. The molecule has 9 nitrogen and oxygen atoms in total. The van der Waals surface area contributed by atoms with E-state index in [1.807, 2.05) is 31.1 Å². The molecule has 5 aromatic rings. The van der Waals surface area contributed by atoms with Gasteiger partial charge in [0.2, 0.25) is 0 Å². The second kappa shape index (κ2) is 10.5. The van der Waals surface area contributed by atoms with E-state index in [1.165, 1.54) is 41.0 Å². The van der Waals surface area contributed by atoms with E-state index in [4.69, 9.17) is 5.73 Å². The summed E-state index contributed by atoms with van der Waals surface area (Å²) >= 11 is 1.18. The topological polar surface area (TPSA) is 116 Å². The van der Waals surface area contributed by atoms with Crippen LogP contribution < -0.4 is 17.0 Å². The summed E-state index contributed by atoms with van der Waals surface area (Å²) in [5, 5.41) is 8.01. The second-order valence-corrected chi connectivity index (χ2v) is 10.5. The van der Waals surface area contributed by atoms with Crippen molar-refractivity contribution >= 4 is 33.0 Å². The number of thiophene rings is 1. The van der Waals surface area contributed by atoms with Gasteiger partial charge in [-0.05, 0) is 61.6 Å². The molecule has 0 bridgehead atoms. The average molecular weight is 563 g/mol. The highest BCUT2D eigenvalue weighted by Crippen LogP contribution is 2.38. The summed E-state index contributed by atoms with van der Waals surface area (Å²) in [6.07, 6.45) is 0. The lowest BCUT2D eigenvalue weighted by Crippen LogP contribution is -2.40. The SMILES string of the molecule is CC(=O)c1ccc(-n2c(=O)c3c(CN(C)C)c(-c4ccc(N)cc4)sc3n(Cc3c(F)cccc3F)c2=O)nn1. The van der Waals surface area contributed by atoms with E-state index in [2.05, 4.69) is 10.2 Å². The summed E-state index contributed by atoms with van der Waals surface area (Å²) in [4.78, 5) is 42.5. The van der Waals surface area contributed by atoms with Crippen LogP contribution in [0.25, 0.3) is 26.5 Å². The minimum atomic E-state index is -0.855. The van der Waals surface area contributed by atoms with Gasteiger partial charge in [-0.3, -0.25) is 14.2 Å².